The maximum absolute atomic E-state index is 11.1. The molecule has 5 nitrogen and oxygen atoms in total. The van der Waals surface area contributed by atoms with Crippen LogP contribution in [0.2, 0.25) is 0 Å². The number of ether oxygens (including phenoxy) is 1. The molecule has 1 heterocycles. The Morgan fingerprint density at radius 1 is 1.50 bits per heavy atom. The predicted molar refractivity (Wildman–Crippen MR) is 79.2 cm³/mol. The van der Waals surface area contributed by atoms with Gasteiger partial charge in [0.2, 0.25) is 0 Å². The highest BCUT2D eigenvalue weighted by atomic mass is 79.9. The molecule has 1 aromatic heterocycles. The summed E-state index contributed by atoms with van der Waals surface area (Å²) < 4.78 is 7.54. The molecule has 0 radical (unpaired) electrons. The monoisotopic (exact) mass is 338 g/mol. The Kier molecular flexibility index (Phi) is 4.13. The van der Waals surface area contributed by atoms with Crippen LogP contribution in [0, 0.1) is 6.92 Å². The average molecular weight is 339 g/mol. The number of carboxylic acid groups (broad SMARTS) is 1. The summed E-state index contributed by atoms with van der Waals surface area (Å²) >= 11 is 3.32. The first-order valence-electron chi connectivity index (χ1n) is 6.15. The molecule has 0 amide bonds. The van der Waals surface area contributed by atoms with E-state index in [-0.39, 0.29) is 5.69 Å². The molecule has 20 heavy (non-hydrogen) atoms. The van der Waals surface area contributed by atoms with E-state index in [9.17, 15) is 4.79 Å². The highest BCUT2D eigenvalue weighted by Gasteiger charge is 2.20. The third-order valence-electron chi connectivity index (χ3n) is 2.94. The number of rotatable bonds is 4. The Labute approximate surface area is 125 Å². The molecule has 1 N–H and O–H groups in total. The molecule has 1 aromatic carbocycles. The number of nitrogens with zero attached hydrogens (tertiary/aromatic N) is 2. The van der Waals surface area contributed by atoms with Crippen LogP contribution in [0.15, 0.2) is 22.7 Å². The maximum atomic E-state index is 11.1. The minimum absolute atomic E-state index is 0.00837. The molecule has 0 unspecified atom stereocenters. The maximum Gasteiger partial charge on any atom is 0.357 e. The zero-order chi connectivity index (χ0) is 14.9. The van der Waals surface area contributed by atoms with Crippen molar-refractivity contribution >= 4 is 21.9 Å². The summed E-state index contributed by atoms with van der Waals surface area (Å²) in [6, 6.07) is 5.73. The fraction of sp³-hybridized carbons (Fsp3) is 0.286. The summed E-state index contributed by atoms with van der Waals surface area (Å²) in [6.07, 6.45) is 0. The minimum atomic E-state index is -1.05. The molecular weight excluding hydrogens is 324 g/mol. The number of aromatic carboxylic acids is 1. The molecule has 0 aliphatic rings. The van der Waals surface area contributed by atoms with E-state index in [0.29, 0.717) is 11.1 Å². The summed E-state index contributed by atoms with van der Waals surface area (Å²) in [5.74, 6) is -0.227. The third-order valence-corrected chi connectivity index (χ3v) is 3.69. The second-order valence-electron chi connectivity index (χ2n) is 4.35. The van der Waals surface area contributed by atoms with Gasteiger partial charge in [-0.3, -0.25) is 4.68 Å². The molecule has 0 fully saturated rings. The van der Waals surface area contributed by atoms with Crippen molar-refractivity contribution in [1.29, 1.82) is 0 Å². The topological polar surface area (TPSA) is 64.3 Å². The van der Waals surface area contributed by atoms with Crippen LogP contribution in [0.4, 0.5) is 0 Å². The van der Waals surface area contributed by atoms with Gasteiger partial charge in [-0.05, 0) is 53.5 Å². The van der Waals surface area contributed by atoms with Gasteiger partial charge in [0.15, 0.2) is 5.69 Å². The molecule has 0 aliphatic carbocycles. The van der Waals surface area contributed by atoms with Gasteiger partial charge >= 0.3 is 5.97 Å². The molecule has 2 rings (SSSR count). The van der Waals surface area contributed by atoms with Crippen molar-refractivity contribution in [2.24, 2.45) is 7.05 Å². The van der Waals surface area contributed by atoms with Crippen molar-refractivity contribution in [2.45, 2.75) is 13.8 Å². The summed E-state index contributed by atoms with van der Waals surface area (Å²) in [5, 5.41) is 13.1. The average Bonchev–Trinajstić information content (AvgIpc) is 2.68. The Hall–Kier alpha value is -1.82. The molecule has 6 heteroatoms. The molecule has 2 aromatic rings. The smallest absolute Gasteiger partial charge is 0.357 e. The Balaban J connectivity index is 2.52. The van der Waals surface area contributed by atoms with Gasteiger partial charge in [0.1, 0.15) is 5.75 Å². The molecule has 0 saturated carbocycles. The van der Waals surface area contributed by atoms with Crippen LogP contribution in [-0.4, -0.2) is 27.5 Å². The van der Waals surface area contributed by atoms with Crippen LogP contribution in [-0.2, 0) is 7.05 Å². The van der Waals surface area contributed by atoms with Gasteiger partial charge in [-0.2, -0.15) is 5.10 Å². The lowest BCUT2D eigenvalue weighted by molar-refractivity contribution is 0.0688. The molecule has 0 bridgehead atoms. The normalized spacial score (nSPS) is 10.6. The van der Waals surface area contributed by atoms with Crippen LogP contribution < -0.4 is 4.74 Å². The highest BCUT2D eigenvalue weighted by molar-refractivity contribution is 9.10. The van der Waals surface area contributed by atoms with Crippen molar-refractivity contribution in [2.75, 3.05) is 6.61 Å². The Morgan fingerprint density at radius 3 is 2.70 bits per heavy atom. The number of benzene rings is 1. The molecule has 0 aliphatic heterocycles. The molecule has 0 saturated heterocycles. The van der Waals surface area contributed by atoms with E-state index in [1.165, 1.54) is 0 Å². The summed E-state index contributed by atoms with van der Waals surface area (Å²) in [7, 11) is 1.72. The van der Waals surface area contributed by atoms with Gasteiger partial charge in [0.25, 0.3) is 0 Å². The van der Waals surface area contributed by atoms with E-state index in [4.69, 9.17) is 9.84 Å². The summed E-state index contributed by atoms with van der Waals surface area (Å²) in [6.45, 7) is 4.50. The number of aromatic nitrogens is 2. The van der Waals surface area contributed by atoms with Crippen molar-refractivity contribution in [3.63, 3.8) is 0 Å². The van der Waals surface area contributed by atoms with Crippen LogP contribution in [0.5, 0.6) is 5.75 Å². The van der Waals surface area contributed by atoms with Gasteiger partial charge in [0, 0.05) is 12.6 Å². The van der Waals surface area contributed by atoms with Crippen LogP contribution in [0.3, 0.4) is 0 Å². The van der Waals surface area contributed by atoms with Crippen LogP contribution in [0.1, 0.15) is 23.0 Å². The lowest BCUT2D eigenvalue weighted by atomic mass is 10.1. The second-order valence-corrected chi connectivity index (χ2v) is 5.15. The summed E-state index contributed by atoms with van der Waals surface area (Å²) in [4.78, 5) is 11.1. The van der Waals surface area contributed by atoms with E-state index in [1.807, 2.05) is 32.0 Å². The van der Waals surface area contributed by atoms with E-state index in [0.717, 1.165) is 22.6 Å². The number of halogens is 1. The van der Waals surface area contributed by atoms with Gasteiger partial charge in [-0.25, -0.2) is 4.79 Å². The largest absolute Gasteiger partial charge is 0.494 e. The lowest BCUT2D eigenvalue weighted by Crippen LogP contribution is -1.99. The van der Waals surface area contributed by atoms with Gasteiger partial charge in [0.05, 0.1) is 16.8 Å². The first-order chi connectivity index (χ1) is 9.45. The Bertz CT molecular complexity index is 665. The Morgan fingerprint density at radius 2 is 2.20 bits per heavy atom. The van der Waals surface area contributed by atoms with Gasteiger partial charge < -0.3 is 9.84 Å². The molecular formula is C14H15BrN2O3. The first kappa shape index (κ1) is 14.6. The van der Waals surface area contributed by atoms with E-state index < -0.39 is 5.97 Å². The van der Waals surface area contributed by atoms with E-state index in [2.05, 4.69) is 21.0 Å². The number of carboxylic acids is 1. The zero-order valence-electron chi connectivity index (χ0n) is 11.5. The zero-order valence-corrected chi connectivity index (χ0v) is 13.1. The minimum Gasteiger partial charge on any atom is -0.494 e. The van der Waals surface area contributed by atoms with Crippen molar-refractivity contribution in [3.05, 3.63) is 33.9 Å². The van der Waals surface area contributed by atoms with Crippen molar-refractivity contribution in [1.82, 2.24) is 9.78 Å². The third kappa shape index (κ3) is 2.56. The quantitative estimate of drug-likeness (QED) is 0.929. The van der Waals surface area contributed by atoms with Gasteiger partial charge in [-0.1, -0.05) is 0 Å². The van der Waals surface area contributed by atoms with Crippen molar-refractivity contribution < 1.29 is 14.6 Å². The number of aryl methyl sites for hydroxylation is 2. The number of hydrogen-bond donors (Lipinski definition) is 1. The molecule has 106 valence electrons. The lowest BCUT2D eigenvalue weighted by Gasteiger charge is -2.09. The predicted octanol–water partition coefficient (Wildman–Crippen LogP) is 3.25. The van der Waals surface area contributed by atoms with Crippen molar-refractivity contribution in [3.8, 4) is 17.0 Å². The van der Waals surface area contributed by atoms with Crippen LogP contribution >= 0.6 is 15.9 Å². The fourth-order valence-corrected chi connectivity index (χ4v) is 2.80. The van der Waals surface area contributed by atoms with Crippen LogP contribution in [0.25, 0.3) is 11.3 Å². The number of carbonyl (C=O) groups is 1. The number of hydrogen-bond acceptors (Lipinski definition) is 3. The van der Waals surface area contributed by atoms with Gasteiger partial charge in [-0.15, -0.1) is 0 Å². The fourth-order valence-electron chi connectivity index (χ4n) is 2.06. The summed E-state index contributed by atoms with van der Waals surface area (Å²) in [5.41, 5.74) is 2.62. The molecule has 0 atom stereocenters. The first-order valence-corrected chi connectivity index (χ1v) is 6.94. The molecule has 0 spiro atoms. The van der Waals surface area contributed by atoms with E-state index >= 15 is 0 Å². The highest BCUT2D eigenvalue weighted by Crippen LogP contribution is 2.33. The second kappa shape index (κ2) is 5.66. The van der Waals surface area contributed by atoms with E-state index in [1.54, 1.807) is 11.7 Å². The standard InChI is InChI=1S/C14H15BrN2O3/c1-4-20-10-6-5-9(7-8(10)2)13-11(15)12(14(18)19)16-17(13)3/h5-7H,4H2,1-3H3,(H,18,19). The SMILES string of the molecule is CCOc1ccc(-c2c(Br)c(C(=O)O)nn2C)cc1C.